The summed E-state index contributed by atoms with van der Waals surface area (Å²) in [6.07, 6.45) is 0.690. The van der Waals surface area contributed by atoms with Gasteiger partial charge < -0.3 is 19.9 Å². The van der Waals surface area contributed by atoms with Gasteiger partial charge in [0.1, 0.15) is 10.6 Å². The van der Waals surface area contributed by atoms with E-state index in [9.17, 15) is 4.79 Å². The molecule has 3 heterocycles. The zero-order valence-corrected chi connectivity index (χ0v) is 22.4. The molecule has 2 saturated heterocycles. The van der Waals surface area contributed by atoms with Gasteiger partial charge >= 0.3 is 6.09 Å². The molecule has 2 fully saturated rings. The maximum atomic E-state index is 12.5. The third kappa shape index (κ3) is 5.31. The van der Waals surface area contributed by atoms with Gasteiger partial charge in [0.05, 0.1) is 11.7 Å². The summed E-state index contributed by atoms with van der Waals surface area (Å²) in [4.78, 5) is 25.7. The molecule has 7 nitrogen and oxygen atoms in total. The fourth-order valence-corrected chi connectivity index (χ4v) is 5.21. The first kappa shape index (κ1) is 25.1. The first-order valence-corrected chi connectivity index (χ1v) is 12.5. The number of aromatic nitrogens is 2. The minimum absolute atomic E-state index is 0.0471. The van der Waals surface area contributed by atoms with E-state index in [2.05, 4.69) is 15.2 Å². The van der Waals surface area contributed by atoms with Crippen LogP contribution in [0, 0.1) is 12.3 Å². The molecule has 0 saturated carbocycles. The second-order valence-electron chi connectivity index (χ2n) is 10.3. The average molecular weight is 527 g/mol. The van der Waals surface area contributed by atoms with E-state index in [0.29, 0.717) is 45.6 Å². The Labute approximate surface area is 215 Å². The number of halogens is 3. The van der Waals surface area contributed by atoms with Gasteiger partial charge in [-0.15, -0.1) is 0 Å². The maximum absolute atomic E-state index is 12.5. The number of amides is 1. The first-order chi connectivity index (χ1) is 15.9. The molecule has 10 heteroatoms. The summed E-state index contributed by atoms with van der Waals surface area (Å²) in [6, 6.07) is 5.28. The quantitative estimate of drug-likeness (QED) is 0.499. The van der Waals surface area contributed by atoms with Crippen molar-refractivity contribution in [3.8, 4) is 0 Å². The summed E-state index contributed by atoms with van der Waals surface area (Å²) in [5.41, 5.74) is 1.15. The van der Waals surface area contributed by atoms with E-state index in [4.69, 9.17) is 44.5 Å². The molecule has 1 aromatic carbocycles. The van der Waals surface area contributed by atoms with Crippen molar-refractivity contribution < 1.29 is 9.53 Å². The zero-order chi connectivity index (χ0) is 24.8. The molecule has 0 aliphatic carbocycles. The molecule has 0 unspecified atom stereocenters. The Morgan fingerprint density at radius 3 is 2.53 bits per heavy atom. The number of nitrogens with one attached hydrogen (secondary N) is 1. The van der Waals surface area contributed by atoms with Gasteiger partial charge in [-0.1, -0.05) is 40.9 Å². The lowest BCUT2D eigenvalue weighted by atomic mass is 9.79. The second-order valence-corrected chi connectivity index (χ2v) is 11.5. The lowest BCUT2D eigenvalue weighted by Crippen LogP contribution is -2.58. The van der Waals surface area contributed by atoms with Gasteiger partial charge in [-0.3, -0.25) is 0 Å². The van der Waals surface area contributed by atoms with Crippen LogP contribution in [-0.2, 0) is 4.74 Å². The Morgan fingerprint density at radius 2 is 1.88 bits per heavy atom. The van der Waals surface area contributed by atoms with Gasteiger partial charge in [-0.25, -0.2) is 9.78 Å². The van der Waals surface area contributed by atoms with Crippen molar-refractivity contribution in [2.75, 3.05) is 36.4 Å². The van der Waals surface area contributed by atoms with Crippen LogP contribution in [0.2, 0.25) is 15.1 Å². The lowest BCUT2D eigenvalue weighted by Gasteiger charge is -2.48. The number of ether oxygens (including phenoxy) is 1. The van der Waals surface area contributed by atoms with Gasteiger partial charge in [0.2, 0.25) is 5.95 Å². The highest BCUT2D eigenvalue weighted by Crippen LogP contribution is 2.42. The number of nitrogens with zero attached hydrogens (tertiary/aromatic N) is 4. The highest BCUT2D eigenvalue weighted by Gasteiger charge is 2.50. The van der Waals surface area contributed by atoms with E-state index >= 15 is 0 Å². The molecular weight excluding hydrogens is 497 g/mol. The lowest BCUT2D eigenvalue weighted by molar-refractivity contribution is 0.0265. The molecule has 4 rings (SSSR count). The van der Waals surface area contributed by atoms with E-state index in [1.807, 2.05) is 40.7 Å². The number of carbonyl (C=O) groups excluding carboxylic acids is 1. The fraction of sp³-hybridized carbons (Fsp3) is 0.542. The second kappa shape index (κ2) is 9.25. The Bertz CT molecular complexity index is 1100. The number of carbonyl (C=O) groups is 1. The molecule has 184 valence electrons. The summed E-state index contributed by atoms with van der Waals surface area (Å²) in [7, 11) is 0. The predicted octanol–water partition coefficient (Wildman–Crippen LogP) is 6.37. The summed E-state index contributed by atoms with van der Waals surface area (Å²) in [6.45, 7) is 12.5. The van der Waals surface area contributed by atoms with Gasteiger partial charge in [0.25, 0.3) is 0 Å². The van der Waals surface area contributed by atoms with Crippen LogP contribution in [0.25, 0.3) is 0 Å². The smallest absolute Gasteiger partial charge is 0.410 e. The predicted molar refractivity (Wildman–Crippen MR) is 137 cm³/mol. The van der Waals surface area contributed by atoms with Crippen LogP contribution >= 0.6 is 34.8 Å². The first-order valence-electron chi connectivity index (χ1n) is 11.3. The number of aryl methyl sites for hydroxylation is 1. The summed E-state index contributed by atoms with van der Waals surface area (Å²) in [5.74, 6) is 1.19. The zero-order valence-electron chi connectivity index (χ0n) is 20.1. The summed E-state index contributed by atoms with van der Waals surface area (Å²) < 4.78 is 5.54. The highest BCUT2D eigenvalue weighted by atomic mass is 35.5. The molecule has 1 amide bonds. The number of anilines is 2. The van der Waals surface area contributed by atoms with Crippen LogP contribution in [0.5, 0.6) is 0 Å². The average Bonchev–Trinajstić information content (AvgIpc) is 3.15. The molecule has 2 aliphatic heterocycles. The summed E-state index contributed by atoms with van der Waals surface area (Å²) in [5, 5.41) is 5.01. The number of hydrogen-bond donors (Lipinski definition) is 1. The molecule has 2 aromatic rings. The molecule has 0 bridgehead atoms. The van der Waals surface area contributed by atoms with Crippen LogP contribution in [0.15, 0.2) is 18.2 Å². The standard InChI is InChI=1S/C24H30Cl3N5O2/c1-14(17-7-6-16(25)10-18(17)26)28-20-19(27)15(2)29-21(30-20)32-12-24(13-32)8-9-31(11-24)22(33)34-23(3,4)5/h6-7,10,14H,8-9,11-13H2,1-5H3,(H,28,29,30)/t14-/m1/s1. The molecule has 1 spiro atoms. The van der Waals surface area contributed by atoms with E-state index in [1.165, 1.54) is 0 Å². The SMILES string of the molecule is Cc1nc(N2CC3(CCN(C(=O)OC(C)(C)C)C3)C2)nc(N[C@H](C)c2ccc(Cl)cc2Cl)c1Cl. The summed E-state index contributed by atoms with van der Waals surface area (Å²) >= 11 is 18.9. The Balaban J connectivity index is 1.44. The van der Waals surface area contributed by atoms with Crippen LogP contribution < -0.4 is 10.2 Å². The topological polar surface area (TPSA) is 70.6 Å². The van der Waals surface area contributed by atoms with Crippen molar-refractivity contribution in [3.05, 3.63) is 44.5 Å². The molecular formula is C24H30Cl3N5O2. The Hall–Kier alpha value is -1.96. The highest BCUT2D eigenvalue weighted by molar-refractivity contribution is 6.35. The van der Waals surface area contributed by atoms with Crippen molar-refractivity contribution >= 4 is 52.7 Å². The molecule has 2 aliphatic rings. The largest absolute Gasteiger partial charge is 0.444 e. The monoisotopic (exact) mass is 525 g/mol. The number of rotatable bonds is 4. The van der Waals surface area contributed by atoms with Crippen molar-refractivity contribution in [3.63, 3.8) is 0 Å². The number of likely N-dealkylation sites (tertiary alicyclic amines) is 1. The maximum Gasteiger partial charge on any atom is 0.410 e. The van der Waals surface area contributed by atoms with Gasteiger partial charge in [-0.2, -0.15) is 4.98 Å². The third-order valence-electron chi connectivity index (χ3n) is 6.21. The molecule has 34 heavy (non-hydrogen) atoms. The number of hydrogen-bond acceptors (Lipinski definition) is 6. The third-order valence-corrected chi connectivity index (χ3v) is 7.23. The molecule has 1 N–H and O–H groups in total. The molecule has 0 radical (unpaired) electrons. The van der Waals surface area contributed by atoms with E-state index in [-0.39, 0.29) is 17.6 Å². The normalized spacial score (nSPS) is 18.1. The molecule has 1 atom stereocenters. The minimum atomic E-state index is -0.496. The van der Waals surface area contributed by atoms with Crippen molar-refractivity contribution in [2.24, 2.45) is 5.41 Å². The van der Waals surface area contributed by atoms with E-state index in [0.717, 1.165) is 25.1 Å². The Kier molecular flexibility index (Phi) is 6.84. The Morgan fingerprint density at radius 1 is 1.18 bits per heavy atom. The van der Waals surface area contributed by atoms with Gasteiger partial charge in [-0.05, 0) is 58.7 Å². The van der Waals surface area contributed by atoms with Crippen molar-refractivity contribution in [2.45, 2.75) is 52.7 Å². The number of benzene rings is 1. The van der Waals surface area contributed by atoms with Crippen LogP contribution in [0.4, 0.5) is 16.6 Å². The van der Waals surface area contributed by atoms with Crippen LogP contribution in [-0.4, -0.2) is 52.7 Å². The van der Waals surface area contributed by atoms with Crippen LogP contribution in [0.1, 0.15) is 51.4 Å². The van der Waals surface area contributed by atoms with Gasteiger partial charge in [0.15, 0.2) is 5.82 Å². The van der Waals surface area contributed by atoms with Crippen LogP contribution in [0.3, 0.4) is 0 Å². The van der Waals surface area contributed by atoms with Gasteiger partial charge in [0, 0.05) is 41.6 Å². The van der Waals surface area contributed by atoms with E-state index < -0.39 is 5.60 Å². The van der Waals surface area contributed by atoms with E-state index in [1.54, 1.807) is 17.0 Å². The van der Waals surface area contributed by atoms with Crippen molar-refractivity contribution in [1.29, 1.82) is 0 Å². The fourth-order valence-electron chi connectivity index (χ4n) is 4.50. The molecule has 1 aromatic heterocycles. The minimum Gasteiger partial charge on any atom is -0.444 e. The van der Waals surface area contributed by atoms with Crippen molar-refractivity contribution in [1.82, 2.24) is 14.9 Å².